The minimum Gasteiger partial charge on any atom is -0.365 e. The molecule has 0 unspecified atom stereocenters. The summed E-state index contributed by atoms with van der Waals surface area (Å²) in [6.45, 7) is 2.92. The van der Waals surface area contributed by atoms with Gasteiger partial charge in [-0.1, -0.05) is 13.8 Å². The average Bonchev–Trinajstić information content (AvgIpc) is 2.85. The lowest BCUT2D eigenvalue weighted by atomic mass is 9.96. The number of alkyl halides is 3. The van der Waals surface area contributed by atoms with Crippen LogP contribution in [0.3, 0.4) is 0 Å². The fraction of sp³-hybridized carbons (Fsp3) is 0.429. The highest BCUT2D eigenvalue weighted by Gasteiger charge is 2.53. The predicted molar refractivity (Wildman–Crippen MR) is 76.8 cm³/mol. The Morgan fingerprint density at radius 1 is 1.38 bits per heavy atom. The lowest BCUT2D eigenvalue weighted by molar-refractivity contribution is -0.384. The van der Waals surface area contributed by atoms with Gasteiger partial charge >= 0.3 is 6.18 Å². The summed E-state index contributed by atoms with van der Waals surface area (Å²) >= 11 is 0. The van der Waals surface area contributed by atoms with E-state index in [1.54, 1.807) is 0 Å². The van der Waals surface area contributed by atoms with Crippen LogP contribution in [0.2, 0.25) is 0 Å². The maximum absolute atomic E-state index is 13.0. The van der Waals surface area contributed by atoms with Gasteiger partial charge in [-0.05, 0) is 12.1 Å². The van der Waals surface area contributed by atoms with E-state index in [1.165, 1.54) is 13.8 Å². The molecule has 24 heavy (non-hydrogen) atoms. The Hall–Kier alpha value is -2.49. The van der Waals surface area contributed by atoms with Gasteiger partial charge in [0.2, 0.25) is 5.91 Å². The molecular formula is C14H14F3N3O4. The number of benzene rings is 1. The molecule has 130 valence electrons. The molecule has 1 amide bonds. The fourth-order valence-electron chi connectivity index (χ4n) is 2.25. The van der Waals surface area contributed by atoms with Crippen molar-refractivity contribution < 1.29 is 28.0 Å². The van der Waals surface area contributed by atoms with Gasteiger partial charge in [-0.25, -0.2) is 0 Å². The number of amides is 1. The summed E-state index contributed by atoms with van der Waals surface area (Å²) in [6, 6.07) is 4.29. The topological polar surface area (TPSA) is 96.0 Å². The number of aliphatic hydroxyl groups is 1. The van der Waals surface area contributed by atoms with E-state index in [0.29, 0.717) is 5.01 Å². The van der Waals surface area contributed by atoms with E-state index in [9.17, 15) is 33.2 Å². The van der Waals surface area contributed by atoms with Gasteiger partial charge in [0, 0.05) is 23.6 Å². The summed E-state index contributed by atoms with van der Waals surface area (Å²) in [4.78, 5) is 22.1. The number of rotatable bonds is 3. The number of nitro groups is 1. The van der Waals surface area contributed by atoms with Crippen molar-refractivity contribution in [3.05, 3.63) is 39.9 Å². The van der Waals surface area contributed by atoms with E-state index in [0.717, 1.165) is 24.3 Å². The van der Waals surface area contributed by atoms with Gasteiger partial charge in [0.1, 0.15) is 5.71 Å². The molecule has 0 saturated heterocycles. The minimum absolute atomic E-state index is 0.0925. The van der Waals surface area contributed by atoms with E-state index in [4.69, 9.17) is 0 Å². The molecule has 1 aliphatic heterocycles. The van der Waals surface area contributed by atoms with Crippen LogP contribution in [0.15, 0.2) is 29.4 Å². The first kappa shape index (κ1) is 17.9. The quantitative estimate of drug-likeness (QED) is 0.672. The van der Waals surface area contributed by atoms with Crippen molar-refractivity contribution in [1.29, 1.82) is 0 Å². The Kier molecular flexibility index (Phi) is 4.36. The van der Waals surface area contributed by atoms with Crippen molar-refractivity contribution in [2.75, 3.05) is 0 Å². The first-order valence-electron chi connectivity index (χ1n) is 6.93. The highest BCUT2D eigenvalue weighted by atomic mass is 19.4. The number of halogens is 3. The average molecular weight is 345 g/mol. The normalized spacial score (nSPS) is 21.1. The van der Waals surface area contributed by atoms with Crippen LogP contribution in [0, 0.1) is 16.0 Å². The summed E-state index contributed by atoms with van der Waals surface area (Å²) < 4.78 is 38.9. The second-order valence-electron chi connectivity index (χ2n) is 5.65. The minimum atomic E-state index is -4.80. The van der Waals surface area contributed by atoms with Gasteiger partial charge in [-0.2, -0.15) is 23.3 Å². The van der Waals surface area contributed by atoms with E-state index >= 15 is 0 Å². The van der Waals surface area contributed by atoms with Crippen LogP contribution in [0.5, 0.6) is 0 Å². The second kappa shape index (κ2) is 5.86. The number of hydrazone groups is 1. The SMILES string of the molecule is CC(C)C(=O)N1N=C(C(F)(F)F)C[C@]1(O)c1ccc([N+](=O)[O-])cc1. The summed E-state index contributed by atoms with van der Waals surface area (Å²) in [5.41, 5.74) is -4.03. The van der Waals surface area contributed by atoms with Crippen LogP contribution in [0.25, 0.3) is 0 Å². The number of hydrogen-bond acceptors (Lipinski definition) is 5. The highest BCUT2D eigenvalue weighted by molar-refractivity contribution is 5.94. The molecule has 1 atom stereocenters. The van der Waals surface area contributed by atoms with Crippen molar-refractivity contribution in [3.8, 4) is 0 Å². The molecule has 0 spiro atoms. The first-order valence-corrected chi connectivity index (χ1v) is 6.93. The molecule has 1 aromatic rings. The van der Waals surface area contributed by atoms with Crippen molar-refractivity contribution in [2.24, 2.45) is 11.0 Å². The van der Waals surface area contributed by atoms with Crippen LogP contribution in [0.1, 0.15) is 25.8 Å². The van der Waals surface area contributed by atoms with E-state index in [1.807, 2.05) is 0 Å². The molecule has 1 N–H and O–H groups in total. The number of non-ortho nitro benzene ring substituents is 1. The monoisotopic (exact) mass is 345 g/mol. The zero-order valence-corrected chi connectivity index (χ0v) is 12.7. The van der Waals surface area contributed by atoms with Gasteiger partial charge in [-0.15, -0.1) is 0 Å². The maximum atomic E-state index is 13.0. The molecule has 7 nitrogen and oxygen atoms in total. The third kappa shape index (κ3) is 3.09. The van der Waals surface area contributed by atoms with Crippen LogP contribution in [-0.2, 0) is 10.5 Å². The highest BCUT2D eigenvalue weighted by Crippen LogP contribution is 2.40. The Bertz CT molecular complexity index is 700. The van der Waals surface area contributed by atoms with Crippen molar-refractivity contribution >= 4 is 17.3 Å². The smallest absolute Gasteiger partial charge is 0.365 e. The number of nitro benzene ring substituents is 1. The van der Waals surface area contributed by atoms with E-state index in [2.05, 4.69) is 5.10 Å². The molecule has 0 saturated carbocycles. The standard InChI is InChI=1S/C14H14F3N3O4/c1-8(2)12(21)19-13(22,7-11(18-19)14(15,16)17)9-3-5-10(6-4-9)20(23)24/h3-6,8,22H,7H2,1-2H3/t13-/m0/s1. The maximum Gasteiger partial charge on any atom is 0.431 e. The van der Waals surface area contributed by atoms with Crippen LogP contribution >= 0.6 is 0 Å². The largest absolute Gasteiger partial charge is 0.431 e. The lowest BCUT2D eigenvalue weighted by Crippen LogP contribution is -2.45. The number of nitrogens with zero attached hydrogens (tertiary/aromatic N) is 3. The molecular weight excluding hydrogens is 331 g/mol. The number of carbonyl (C=O) groups is 1. The summed E-state index contributed by atoms with van der Waals surface area (Å²) in [5.74, 6) is -1.50. The van der Waals surface area contributed by atoms with Gasteiger partial charge in [0.05, 0.1) is 11.3 Å². The molecule has 1 aliphatic rings. The van der Waals surface area contributed by atoms with Crippen LogP contribution < -0.4 is 0 Å². The zero-order chi connectivity index (χ0) is 18.3. The van der Waals surface area contributed by atoms with Gasteiger partial charge in [0.25, 0.3) is 5.69 Å². The van der Waals surface area contributed by atoms with E-state index in [-0.39, 0.29) is 11.3 Å². The summed E-state index contributed by atoms with van der Waals surface area (Å²) in [5, 5.41) is 25.1. The molecule has 0 fully saturated rings. The summed E-state index contributed by atoms with van der Waals surface area (Å²) in [7, 11) is 0. The first-order chi connectivity index (χ1) is 11.0. The van der Waals surface area contributed by atoms with Crippen LogP contribution in [0.4, 0.5) is 18.9 Å². The van der Waals surface area contributed by atoms with Gasteiger partial charge < -0.3 is 5.11 Å². The van der Waals surface area contributed by atoms with Gasteiger partial charge in [0.15, 0.2) is 5.72 Å². The third-order valence-electron chi connectivity index (χ3n) is 3.56. The molecule has 1 heterocycles. The fourth-order valence-corrected chi connectivity index (χ4v) is 2.25. The van der Waals surface area contributed by atoms with Crippen LogP contribution in [-0.4, -0.2) is 32.8 Å². The predicted octanol–water partition coefficient (Wildman–Crippen LogP) is 2.55. The Morgan fingerprint density at radius 2 is 1.92 bits per heavy atom. The molecule has 0 aliphatic carbocycles. The third-order valence-corrected chi connectivity index (χ3v) is 3.56. The van der Waals surface area contributed by atoms with Crippen molar-refractivity contribution in [2.45, 2.75) is 32.2 Å². The lowest BCUT2D eigenvalue weighted by Gasteiger charge is -2.32. The molecule has 2 rings (SSSR count). The Morgan fingerprint density at radius 3 is 2.33 bits per heavy atom. The Labute approximate surface area is 134 Å². The van der Waals surface area contributed by atoms with Crippen molar-refractivity contribution in [1.82, 2.24) is 5.01 Å². The zero-order valence-electron chi connectivity index (χ0n) is 12.7. The number of carbonyl (C=O) groups excluding carboxylic acids is 1. The molecule has 10 heteroatoms. The summed E-state index contributed by atoms with van der Waals surface area (Å²) in [6.07, 6.45) is -5.76. The van der Waals surface area contributed by atoms with Crippen molar-refractivity contribution in [3.63, 3.8) is 0 Å². The number of hydrogen-bond donors (Lipinski definition) is 1. The van der Waals surface area contributed by atoms with E-state index < -0.39 is 40.8 Å². The molecule has 0 aromatic heterocycles. The second-order valence-corrected chi connectivity index (χ2v) is 5.65. The Balaban J connectivity index is 2.48. The molecule has 0 bridgehead atoms. The molecule has 1 aromatic carbocycles. The molecule has 0 radical (unpaired) electrons. The van der Waals surface area contributed by atoms with Gasteiger partial charge in [-0.3, -0.25) is 14.9 Å².